The number of hydrogen-bond acceptors (Lipinski definition) is 3. The average molecular weight is 281 g/mol. The Morgan fingerprint density at radius 1 is 1.10 bits per heavy atom. The quantitative estimate of drug-likeness (QED) is 0.905. The van der Waals surface area contributed by atoms with Crippen LogP contribution in [0.3, 0.4) is 0 Å². The van der Waals surface area contributed by atoms with Crippen molar-refractivity contribution in [3.8, 4) is 0 Å². The number of nitrogens with one attached hydrogen (secondary N) is 2. The molecule has 0 aliphatic heterocycles. The number of carbonyl (C=O) groups is 2. The first kappa shape index (κ1) is 14.5. The third-order valence-electron chi connectivity index (χ3n) is 2.63. The fourth-order valence-electron chi connectivity index (χ4n) is 1.71. The summed E-state index contributed by atoms with van der Waals surface area (Å²) in [6.07, 6.45) is 3.17. The molecule has 21 heavy (non-hydrogen) atoms. The Morgan fingerprint density at radius 2 is 1.81 bits per heavy atom. The minimum absolute atomic E-state index is 0.293. The molecule has 0 bridgehead atoms. The molecule has 5 nitrogen and oxygen atoms in total. The molecule has 0 fully saturated rings. The zero-order chi connectivity index (χ0) is 15.2. The molecule has 0 saturated heterocycles. The Morgan fingerprint density at radius 3 is 2.43 bits per heavy atom. The first-order chi connectivity index (χ1) is 10.1. The first-order valence-corrected chi connectivity index (χ1v) is 6.34. The van der Waals surface area contributed by atoms with Crippen molar-refractivity contribution in [1.82, 2.24) is 10.3 Å². The van der Waals surface area contributed by atoms with Gasteiger partial charge >= 0.3 is 0 Å². The van der Waals surface area contributed by atoms with Crippen molar-refractivity contribution in [2.45, 2.75) is 6.92 Å². The smallest absolute Gasteiger partial charge is 0.255 e. The molecule has 2 rings (SSSR count). The summed E-state index contributed by atoms with van der Waals surface area (Å²) in [6, 6.07) is 9.94. The van der Waals surface area contributed by atoms with E-state index in [1.54, 1.807) is 49.6 Å². The van der Waals surface area contributed by atoms with Gasteiger partial charge in [-0.2, -0.15) is 0 Å². The summed E-state index contributed by atoms with van der Waals surface area (Å²) in [5.41, 5.74) is 1.94. The molecule has 0 aliphatic rings. The molecule has 0 spiro atoms. The van der Waals surface area contributed by atoms with E-state index < -0.39 is 0 Å². The molecule has 0 unspecified atom stereocenters. The van der Waals surface area contributed by atoms with Gasteiger partial charge in [-0.05, 0) is 37.3 Å². The Balaban J connectivity index is 2.15. The summed E-state index contributed by atoms with van der Waals surface area (Å²) in [6.45, 7) is 5.31. The molecule has 5 heteroatoms. The summed E-state index contributed by atoms with van der Waals surface area (Å²) in [7, 11) is 0. The van der Waals surface area contributed by atoms with Crippen LogP contribution < -0.4 is 10.6 Å². The molecule has 0 radical (unpaired) electrons. The van der Waals surface area contributed by atoms with Crippen LogP contribution in [-0.2, 0) is 0 Å². The van der Waals surface area contributed by atoms with Gasteiger partial charge in [-0.25, -0.2) is 0 Å². The molecule has 1 aromatic heterocycles. The van der Waals surface area contributed by atoms with E-state index in [1.165, 1.54) is 6.07 Å². The molecule has 1 aromatic carbocycles. The van der Waals surface area contributed by atoms with E-state index in [4.69, 9.17) is 0 Å². The lowest BCUT2D eigenvalue weighted by Gasteiger charge is -2.07. The summed E-state index contributed by atoms with van der Waals surface area (Å²) in [5.74, 6) is -0.591. The lowest BCUT2D eigenvalue weighted by atomic mass is 10.1. The number of aromatic nitrogens is 1. The number of rotatable bonds is 4. The van der Waals surface area contributed by atoms with Gasteiger partial charge in [-0.3, -0.25) is 14.6 Å². The van der Waals surface area contributed by atoms with E-state index >= 15 is 0 Å². The molecule has 0 aliphatic carbocycles. The van der Waals surface area contributed by atoms with E-state index in [0.29, 0.717) is 22.5 Å². The lowest BCUT2D eigenvalue weighted by molar-refractivity contribution is 0.0966. The van der Waals surface area contributed by atoms with Gasteiger partial charge in [0.1, 0.15) is 0 Å². The van der Waals surface area contributed by atoms with Gasteiger partial charge in [0, 0.05) is 23.0 Å². The number of nitrogens with zero attached hydrogens (tertiary/aromatic N) is 1. The second-order valence-corrected chi connectivity index (χ2v) is 4.51. The van der Waals surface area contributed by atoms with E-state index in [1.807, 2.05) is 0 Å². The van der Waals surface area contributed by atoms with Gasteiger partial charge in [0.2, 0.25) is 0 Å². The molecule has 2 N–H and O–H groups in total. The van der Waals surface area contributed by atoms with Crippen molar-refractivity contribution in [2.24, 2.45) is 0 Å². The number of anilines is 1. The van der Waals surface area contributed by atoms with Crippen LogP contribution in [0.2, 0.25) is 0 Å². The molecular formula is C16H15N3O2. The minimum atomic E-state index is -0.298. The summed E-state index contributed by atoms with van der Waals surface area (Å²) < 4.78 is 0. The molecule has 0 saturated carbocycles. The zero-order valence-corrected chi connectivity index (χ0v) is 11.6. The van der Waals surface area contributed by atoms with Gasteiger partial charge in [-0.1, -0.05) is 12.6 Å². The second-order valence-electron chi connectivity index (χ2n) is 4.51. The van der Waals surface area contributed by atoms with Gasteiger partial charge < -0.3 is 10.6 Å². The second kappa shape index (κ2) is 6.47. The summed E-state index contributed by atoms with van der Waals surface area (Å²) in [4.78, 5) is 27.9. The highest BCUT2D eigenvalue weighted by Gasteiger charge is 2.10. The highest BCUT2D eigenvalue weighted by Crippen LogP contribution is 2.10. The third kappa shape index (κ3) is 4.01. The maximum absolute atomic E-state index is 12.1. The van der Waals surface area contributed by atoms with E-state index in [0.717, 1.165) is 0 Å². The van der Waals surface area contributed by atoms with Crippen LogP contribution in [0, 0.1) is 0 Å². The number of hydrogen-bond donors (Lipinski definition) is 2. The lowest BCUT2D eigenvalue weighted by Crippen LogP contribution is -2.21. The topological polar surface area (TPSA) is 71.1 Å². The predicted molar refractivity (Wildman–Crippen MR) is 80.9 cm³/mol. The van der Waals surface area contributed by atoms with Gasteiger partial charge in [-0.15, -0.1) is 0 Å². The monoisotopic (exact) mass is 281 g/mol. The van der Waals surface area contributed by atoms with Crippen LogP contribution in [0.5, 0.6) is 0 Å². The first-order valence-electron chi connectivity index (χ1n) is 6.34. The number of carbonyl (C=O) groups excluding carboxylic acids is 2. The van der Waals surface area contributed by atoms with Crippen LogP contribution in [0.25, 0.3) is 0 Å². The highest BCUT2D eigenvalue weighted by atomic mass is 16.2. The number of benzene rings is 1. The normalized spacial score (nSPS) is 9.76. The third-order valence-corrected chi connectivity index (χ3v) is 2.63. The number of pyridine rings is 1. The largest absolute Gasteiger partial charge is 0.327 e. The molecule has 1 heterocycles. The summed E-state index contributed by atoms with van der Waals surface area (Å²) >= 11 is 0. The maximum Gasteiger partial charge on any atom is 0.255 e. The van der Waals surface area contributed by atoms with Gasteiger partial charge in [0.15, 0.2) is 0 Å². The highest BCUT2D eigenvalue weighted by molar-refractivity contribution is 6.06. The van der Waals surface area contributed by atoms with Crippen molar-refractivity contribution in [2.75, 3.05) is 5.32 Å². The number of amides is 2. The maximum atomic E-state index is 12.1. The minimum Gasteiger partial charge on any atom is -0.327 e. The summed E-state index contributed by atoms with van der Waals surface area (Å²) in [5, 5.41) is 5.31. The van der Waals surface area contributed by atoms with Crippen molar-refractivity contribution in [3.05, 3.63) is 72.2 Å². The SMILES string of the molecule is C=C(C)NC(=O)c1cccc(C(=O)Nc2cccnc2)c1. The van der Waals surface area contributed by atoms with Gasteiger partial charge in [0.05, 0.1) is 11.9 Å². The van der Waals surface area contributed by atoms with Crippen molar-refractivity contribution < 1.29 is 9.59 Å². The molecule has 106 valence electrons. The molecule has 2 amide bonds. The van der Waals surface area contributed by atoms with Crippen LogP contribution in [0.4, 0.5) is 5.69 Å². The average Bonchev–Trinajstić information content (AvgIpc) is 2.47. The van der Waals surface area contributed by atoms with Crippen molar-refractivity contribution >= 4 is 17.5 Å². The van der Waals surface area contributed by atoms with Gasteiger partial charge in [0.25, 0.3) is 11.8 Å². The van der Waals surface area contributed by atoms with E-state index in [2.05, 4.69) is 22.2 Å². The van der Waals surface area contributed by atoms with E-state index in [9.17, 15) is 9.59 Å². The van der Waals surface area contributed by atoms with Crippen molar-refractivity contribution in [1.29, 1.82) is 0 Å². The molecule has 2 aromatic rings. The number of allylic oxidation sites excluding steroid dienone is 1. The van der Waals surface area contributed by atoms with E-state index in [-0.39, 0.29) is 11.8 Å². The van der Waals surface area contributed by atoms with Crippen LogP contribution in [0.1, 0.15) is 27.6 Å². The van der Waals surface area contributed by atoms with Crippen LogP contribution in [-0.4, -0.2) is 16.8 Å². The zero-order valence-electron chi connectivity index (χ0n) is 11.6. The fraction of sp³-hybridized carbons (Fsp3) is 0.0625. The Bertz CT molecular complexity index is 681. The van der Waals surface area contributed by atoms with Crippen molar-refractivity contribution in [3.63, 3.8) is 0 Å². The predicted octanol–water partition coefficient (Wildman–Crippen LogP) is 2.60. The standard InChI is InChI=1S/C16H15N3O2/c1-11(2)18-15(20)12-5-3-6-13(9-12)16(21)19-14-7-4-8-17-10-14/h3-10H,1H2,2H3,(H,18,20)(H,19,21). The van der Waals surface area contributed by atoms with Crippen LogP contribution in [0.15, 0.2) is 61.1 Å². The Kier molecular flexibility index (Phi) is 4.46. The molecule has 0 atom stereocenters. The Hall–Kier alpha value is -2.95. The van der Waals surface area contributed by atoms with Crippen LogP contribution >= 0.6 is 0 Å². The fourth-order valence-corrected chi connectivity index (χ4v) is 1.71. The Labute approximate surface area is 122 Å². The molecular weight excluding hydrogens is 266 g/mol.